The van der Waals surface area contributed by atoms with E-state index in [9.17, 15) is 9.59 Å². The number of ether oxygens (including phenoxy) is 3. The van der Waals surface area contributed by atoms with Crippen molar-refractivity contribution in [2.45, 2.75) is 45.4 Å². The lowest BCUT2D eigenvalue weighted by Crippen LogP contribution is -2.37. The van der Waals surface area contributed by atoms with Crippen molar-refractivity contribution in [1.82, 2.24) is 5.32 Å². The predicted octanol–water partition coefficient (Wildman–Crippen LogP) is 6.33. The third-order valence-corrected chi connectivity index (χ3v) is 8.05. The molecule has 0 aromatic heterocycles. The Hall–Kier alpha value is -4.52. The molecule has 0 spiro atoms. The standard InChI is InChI=1S/C34H36N2O5/c1-19-11-12-20(2)24(15-19)32-31(34(38)36-25-9-7-8-10-28(25)39-4)21(3)35-26-16-23(17-27(37)33(26)32)22-13-14-29(40-5)30(18-22)41-6/h7-15,18,23,32,35H,16-17H2,1-6H3,(H,36,38)/t23-,32-/m0/s1. The van der Waals surface area contributed by atoms with Gasteiger partial charge in [-0.25, -0.2) is 0 Å². The van der Waals surface area contributed by atoms with Crippen LogP contribution in [0.5, 0.6) is 17.2 Å². The zero-order valence-electron chi connectivity index (χ0n) is 24.4. The van der Waals surface area contributed by atoms with Gasteiger partial charge in [-0.2, -0.15) is 0 Å². The molecule has 3 aromatic carbocycles. The van der Waals surface area contributed by atoms with E-state index < -0.39 is 5.92 Å². The Morgan fingerprint density at radius 2 is 1.59 bits per heavy atom. The van der Waals surface area contributed by atoms with Crippen LogP contribution in [0.15, 0.2) is 83.2 Å². The van der Waals surface area contributed by atoms with Gasteiger partial charge in [-0.1, -0.05) is 42.0 Å². The van der Waals surface area contributed by atoms with Crippen molar-refractivity contribution in [2.24, 2.45) is 0 Å². The summed E-state index contributed by atoms with van der Waals surface area (Å²) in [6.07, 6.45) is 0.967. The smallest absolute Gasteiger partial charge is 0.254 e. The van der Waals surface area contributed by atoms with Crippen LogP contribution in [-0.2, 0) is 9.59 Å². The molecule has 3 aromatic rings. The van der Waals surface area contributed by atoms with Crippen LogP contribution in [0.25, 0.3) is 0 Å². The minimum atomic E-state index is -0.500. The number of aryl methyl sites for hydroxylation is 2. The molecule has 0 unspecified atom stereocenters. The molecule has 1 heterocycles. The summed E-state index contributed by atoms with van der Waals surface area (Å²) in [4.78, 5) is 28.1. The summed E-state index contributed by atoms with van der Waals surface area (Å²) in [7, 11) is 4.79. The Kier molecular flexibility index (Phi) is 7.88. The molecule has 212 valence electrons. The minimum Gasteiger partial charge on any atom is -0.495 e. The summed E-state index contributed by atoms with van der Waals surface area (Å²) in [5.41, 5.74) is 7.41. The lowest BCUT2D eigenvalue weighted by atomic mass is 9.70. The van der Waals surface area contributed by atoms with E-state index in [0.717, 1.165) is 33.6 Å². The second-order valence-electron chi connectivity index (χ2n) is 10.6. The molecule has 5 rings (SSSR count). The number of rotatable bonds is 7. The van der Waals surface area contributed by atoms with Gasteiger partial charge in [0.2, 0.25) is 0 Å². The van der Waals surface area contributed by atoms with Crippen molar-refractivity contribution >= 4 is 17.4 Å². The van der Waals surface area contributed by atoms with Crippen LogP contribution in [0.1, 0.15) is 53.9 Å². The first kappa shape index (κ1) is 28.0. The van der Waals surface area contributed by atoms with E-state index in [-0.39, 0.29) is 17.6 Å². The van der Waals surface area contributed by atoms with E-state index >= 15 is 0 Å². The van der Waals surface area contributed by atoms with Gasteiger partial charge < -0.3 is 24.8 Å². The first-order valence-electron chi connectivity index (χ1n) is 13.7. The van der Waals surface area contributed by atoms with E-state index in [1.807, 2.05) is 51.1 Å². The molecular formula is C34H36N2O5. The maximum absolute atomic E-state index is 14.1. The summed E-state index contributed by atoms with van der Waals surface area (Å²) in [5, 5.41) is 6.51. The molecule has 41 heavy (non-hydrogen) atoms. The molecule has 2 aliphatic rings. The van der Waals surface area contributed by atoms with Gasteiger partial charge in [-0.05, 0) is 74.1 Å². The van der Waals surface area contributed by atoms with Crippen LogP contribution in [0.2, 0.25) is 0 Å². The number of carbonyl (C=O) groups excluding carboxylic acids is 2. The Bertz CT molecular complexity index is 1590. The molecule has 7 heteroatoms. The van der Waals surface area contributed by atoms with Crippen LogP contribution >= 0.6 is 0 Å². The molecule has 1 aliphatic carbocycles. The van der Waals surface area contributed by atoms with Gasteiger partial charge >= 0.3 is 0 Å². The molecule has 1 amide bonds. The molecule has 0 radical (unpaired) electrons. The van der Waals surface area contributed by atoms with Crippen molar-refractivity contribution in [3.63, 3.8) is 0 Å². The largest absolute Gasteiger partial charge is 0.495 e. The van der Waals surface area contributed by atoms with E-state index in [1.165, 1.54) is 0 Å². The second kappa shape index (κ2) is 11.5. The Morgan fingerprint density at radius 3 is 2.32 bits per heavy atom. The average Bonchev–Trinajstić information content (AvgIpc) is 2.97. The Balaban J connectivity index is 1.58. The van der Waals surface area contributed by atoms with E-state index in [2.05, 4.69) is 28.8 Å². The summed E-state index contributed by atoms with van der Waals surface area (Å²) in [6, 6.07) is 19.3. The quantitative estimate of drug-likeness (QED) is 0.356. The molecule has 0 bridgehead atoms. The highest BCUT2D eigenvalue weighted by atomic mass is 16.5. The normalized spacial score (nSPS) is 18.4. The number of carbonyl (C=O) groups is 2. The highest BCUT2D eigenvalue weighted by Crippen LogP contribution is 2.47. The second-order valence-corrected chi connectivity index (χ2v) is 10.6. The third kappa shape index (κ3) is 5.32. The van der Waals surface area contributed by atoms with Gasteiger partial charge in [0.25, 0.3) is 5.91 Å². The van der Waals surface area contributed by atoms with E-state index in [1.54, 1.807) is 33.5 Å². The lowest BCUT2D eigenvalue weighted by Gasteiger charge is -2.37. The molecular weight excluding hydrogens is 516 g/mol. The summed E-state index contributed by atoms with van der Waals surface area (Å²) in [5.74, 6) is 1.06. The highest BCUT2D eigenvalue weighted by Gasteiger charge is 2.41. The zero-order chi connectivity index (χ0) is 29.3. The number of methoxy groups -OCH3 is 3. The van der Waals surface area contributed by atoms with Crippen LogP contribution in [-0.4, -0.2) is 33.0 Å². The lowest BCUT2D eigenvalue weighted by molar-refractivity contribution is -0.116. The Morgan fingerprint density at radius 1 is 0.854 bits per heavy atom. The summed E-state index contributed by atoms with van der Waals surface area (Å²) in [6.45, 7) is 5.96. The average molecular weight is 553 g/mol. The monoisotopic (exact) mass is 552 g/mol. The van der Waals surface area contributed by atoms with Crippen molar-refractivity contribution in [2.75, 3.05) is 26.6 Å². The van der Waals surface area contributed by atoms with E-state index in [4.69, 9.17) is 14.2 Å². The molecule has 0 saturated carbocycles. The number of para-hydroxylation sites is 2. The topological polar surface area (TPSA) is 85.9 Å². The van der Waals surface area contributed by atoms with Gasteiger partial charge in [-0.3, -0.25) is 9.59 Å². The molecule has 7 nitrogen and oxygen atoms in total. The number of benzene rings is 3. The molecule has 1 aliphatic heterocycles. The number of hydrogen-bond donors (Lipinski definition) is 2. The summed E-state index contributed by atoms with van der Waals surface area (Å²) < 4.78 is 16.4. The van der Waals surface area contributed by atoms with Crippen molar-refractivity contribution < 1.29 is 23.8 Å². The van der Waals surface area contributed by atoms with Crippen LogP contribution in [0, 0.1) is 13.8 Å². The highest BCUT2D eigenvalue weighted by molar-refractivity contribution is 6.10. The van der Waals surface area contributed by atoms with Gasteiger partial charge in [0.1, 0.15) is 5.75 Å². The van der Waals surface area contributed by atoms with E-state index in [0.29, 0.717) is 46.9 Å². The number of amides is 1. The number of ketones is 1. The van der Waals surface area contributed by atoms with Crippen molar-refractivity contribution in [3.8, 4) is 17.2 Å². The maximum Gasteiger partial charge on any atom is 0.254 e. The molecule has 0 fully saturated rings. The number of anilines is 1. The van der Waals surface area contributed by atoms with Gasteiger partial charge in [-0.15, -0.1) is 0 Å². The van der Waals surface area contributed by atoms with Gasteiger partial charge in [0.15, 0.2) is 17.3 Å². The van der Waals surface area contributed by atoms with Gasteiger partial charge in [0.05, 0.1) is 27.0 Å². The first-order chi connectivity index (χ1) is 19.7. The Labute approximate surface area is 241 Å². The van der Waals surface area contributed by atoms with Crippen molar-refractivity contribution in [3.05, 3.63) is 105 Å². The number of nitrogens with one attached hydrogen (secondary N) is 2. The SMILES string of the molecule is COc1ccccc1NC(=O)C1=C(C)NC2=C(C(=O)C[C@@H](c3ccc(OC)c(OC)c3)C2)[C@H]1c1cc(C)ccc1C. The van der Waals surface area contributed by atoms with Gasteiger partial charge in [0, 0.05) is 34.9 Å². The fourth-order valence-electron chi connectivity index (χ4n) is 6.00. The molecule has 2 atom stereocenters. The molecule has 2 N–H and O–H groups in total. The zero-order valence-corrected chi connectivity index (χ0v) is 24.4. The number of Topliss-reactive ketones (excluding diaryl/α,β-unsaturated/α-hetero) is 1. The first-order valence-corrected chi connectivity index (χ1v) is 13.7. The number of allylic oxidation sites excluding steroid dienone is 3. The predicted molar refractivity (Wildman–Crippen MR) is 160 cm³/mol. The fourth-order valence-corrected chi connectivity index (χ4v) is 6.00. The maximum atomic E-state index is 14.1. The van der Waals surface area contributed by atoms with Crippen LogP contribution in [0.4, 0.5) is 5.69 Å². The summed E-state index contributed by atoms with van der Waals surface area (Å²) >= 11 is 0. The van der Waals surface area contributed by atoms with Crippen molar-refractivity contribution in [1.29, 1.82) is 0 Å². The fraction of sp³-hybridized carbons (Fsp3) is 0.294. The number of dihydropyridines is 1. The third-order valence-electron chi connectivity index (χ3n) is 8.05. The number of hydrogen-bond acceptors (Lipinski definition) is 6. The van der Waals surface area contributed by atoms with Crippen LogP contribution < -0.4 is 24.8 Å². The minimum absolute atomic E-state index is 0.0273. The molecule has 0 saturated heterocycles. The van der Waals surface area contributed by atoms with Crippen LogP contribution in [0.3, 0.4) is 0 Å².